The quantitative estimate of drug-likeness (QED) is 0.167. The maximum atomic E-state index is 11.8. The number of quaternary nitrogens is 3. The number of halogens is 1. The van der Waals surface area contributed by atoms with Crippen molar-refractivity contribution in [2.45, 2.75) is 88.2 Å². The number of hydrogen-bond donors (Lipinski definition) is 6. The SMILES string of the molecule is CC1CCC[NH+](CC(=NNC2CCC([NH+]([O-])O)CC2[NH+]([O-])O)C2CCC(Cl)CC2)C1. The first-order valence-corrected chi connectivity index (χ1v) is 12.0. The van der Waals surface area contributed by atoms with Gasteiger partial charge >= 0.3 is 0 Å². The summed E-state index contributed by atoms with van der Waals surface area (Å²) in [6.07, 6.45) is 7.78. The topological polar surface area (TPSA) is 124 Å². The van der Waals surface area contributed by atoms with E-state index in [1.807, 2.05) is 0 Å². The number of nitrogens with one attached hydrogen (secondary N) is 4. The second-order valence-electron chi connectivity index (χ2n) is 9.71. The van der Waals surface area contributed by atoms with Gasteiger partial charge in [0.1, 0.15) is 18.6 Å². The fourth-order valence-corrected chi connectivity index (χ4v) is 5.72. The second kappa shape index (κ2) is 11.4. The van der Waals surface area contributed by atoms with Crippen LogP contribution in [-0.4, -0.2) is 59.3 Å². The summed E-state index contributed by atoms with van der Waals surface area (Å²) in [5, 5.41) is 45.2. The van der Waals surface area contributed by atoms with Crippen LogP contribution in [0.25, 0.3) is 0 Å². The molecule has 2 saturated carbocycles. The molecule has 1 aliphatic heterocycles. The predicted molar refractivity (Wildman–Crippen MR) is 114 cm³/mol. The van der Waals surface area contributed by atoms with Crippen LogP contribution in [0.3, 0.4) is 0 Å². The van der Waals surface area contributed by atoms with Gasteiger partial charge in [-0.3, -0.25) is 0 Å². The zero-order chi connectivity index (χ0) is 21.7. The summed E-state index contributed by atoms with van der Waals surface area (Å²) in [6.45, 7) is 5.53. The number of hydroxylamine groups is 4. The van der Waals surface area contributed by atoms with Gasteiger partial charge in [0.2, 0.25) is 0 Å². The van der Waals surface area contributed by atoms with Crippen LogP contribution in [-0.2, 0) is 0 Å². The fraction of sp³-hybridized carbons (Fsp3) is 0.950. The highest BCUT2D eigenvalue weighted by molar-refractivity contribution is 6.20. The van der Waals surface area contributed by atoms with Gasteiger partial charge in [-0.2, -0.15) is 5.10 Å². The zero-order valence-corrected chi connectivity index (χ0v) is 18.7. The predicted octanol–water partition coefficient (Wildman–Crippen LogP) is -1.12. The first-order chi connectivity index (χ1) is 14.3. The van der Waals surface area contributed by atoms with Crippen LogP contribution >= 0.6 is 11.6 Å². The third kappa shape index (κ3) is 6.74. The molecule has 0 aromatic heterocycles. The molecular formula is C20H39ClN5O4+. The van der Waals surface area contributed by atoms with E-state index in [1.165, 1.54) is 12.8 Å². The maximum absolute atomic E-state index is 11.8. The number of hydrazone groups is 1. The molecule has 2 aliphatic carbocycles. The summed E-state index contributed by atoms with van der Waals surface area (Å²) in [4.78, 5) is 1.56. The molecule has 1 saturated heterocycles. The number of alkyl halides is 1. The molecule has 3 fully saturated rings. The van der Waals surface area contributed by atoms with Gasteiger partial charge in [-0.1, -0.05) is 6.92 Å². The Balaban J connectivity index is 1.68. The van der Waals surface area contributed by atoms with Gasteiger partial charge in [0.25, 0.3) is 0 Å². The molecule has 0 amide bonds. The van der Waals surface area contributed by atoms with Gasteiger partial charge in [0.05, 0.1) is 31.3 Å². The van der Waals surface area contributed by atoms with Crippen LogP contribution in [0.1, 0.15) is 64.7 Å². The smallest absolute Gasteiger partial charge is 0.144 e. The van der Waals surface area contributed by atoms with E-state index in [1.54, 1.807) is 4.90 Å². The number of nitrogens with zero attached hydrogens (tertiary/aromatic N) is 1. The standard InChI is InChI=1S/C20H38ClN5O4/c1-14-3-2-10-24(12-14)13-19(15-4-6-16(21)7-5-15)23-22-18-9-8-17(25(27)28)11-20(18)26(29)30/h14-18,20,22,25-27,29H,2-13H2,1H3/p+1. The summed E-state index contributed by atoms with van der Waals surface area (Å²) >= 11 is 6.32. The van der Waals surface area contributed by atoms with E-state index >= 15 is 0 Å². The maximum Gasteiger partial charge on any atom is 0.144 e. The van der Waals surface area contributed by atoms with Crippen LogP contribution in [0, 0.1) is 22.3 Å². The van der Waals surface area contributed by atoms with E-state index in [0.717, 1.165) is 56.9 Å². The average molecular weight is 449 g/mol. The highest BCUT2D eigenvalue weighted by atomic mass is 35.5. The van der Waals surface area contributed by atoms with Crippen LogP contribution in [0.2, 0.25) is 0 Å². The van der Waals surface area contributed by atoms with Crippen LogP contribution < -0.4 is 20.8 Å². The average Bonchev–Trinajstić information content (AvgIpc) is 2.71. The Labute approximate surface area is 184 Å². The monoisotopic (exact) mass is 448 g/mol. The normalized spacial score (nSPS) is 40.6. The summed E-state index contributed by atoms with van der Waals surface area (Å²) in [6, 6.07) is -1.61. The Bertz CT molecular complexity index is 559. The van der Waals surface area contributed by atoms with Crippen molar-refractivity contribution in [1.82, 2.24) is 5.43 Å². The largest absolute Gasteiger partial charge is 0.600 e. The number of rotatable bonds is 7. The summed E-state index contributed by atoms with van der Waals surface area (Å²) < 4.78 is 0. The van der Waals surface area contributed by atoms with Crippen molar-refractivity contribution in [2.75, 3.05) is 19.6 Å². The number of hydrogen-bond acceptors (Lipinski definition) is 6. The fourth-order valence-electron chi connectivity index (χ4n) is 5.46. The number of piperidine rings is 1. The minimum absolute atomic E-state index is 0.166. The molecule has 0 radical (unpaired) electrons. The number of likely N-dealkylation sites (tertiary alicyclic amines) is 1. The molecule has 0 spiro atoms. The lowest BCUT2D eigenvalue weighted by Gasteiger charge is -2.39. The van der Waals surface area contributed by atoms with Gasteiger partial charge < -0.3 is 20.7 Å². The van der Waals surface area contributed by atoms with Gasteiger partial charge in [-0.25, -0.2) is 20.9 Å². The van der Waals surface area contributed by atoms with Crippen molar-refractivity contribution < 1.29 is 25.8 Å². The Morgan fingerprint density at radius 3 is 2.47 bits per heavy atom. The summed E-state index contributed by atoms with van der Waals surface area (Å²) in [7, 11) is 0. The van der Waals surface area contributed by atoms with Crippen molar-refractivity contribution in [3.05, 3.63) is 10.4 Å². The van der Waals surface area contributed by atoms with Gasteiger partial charge in [-0.15, -0.1) is 11.6 Å². The lowest BCUT2D eigenvalue weighted by Crippen LogP contribution is -3.15. The Morgan fingerprint density at radius 1 is 1.10 bits per heavy atom. The Hall–Kier alpha value is -0.520. The van der Waals surface area contributed by atoms with E-state index in [0.29, 0.717) is 18.8 Å². The van der Waals surface area contributed by atoms with E-state index < -0.39 is 22.5 Å². The van der Waals surface area contributed by atoms with Crippen molar-refractivity contribution in [1.29, 1.82) is 0 Å². The van der Waals surface area contributed by atoms with Crippen LogP contribution in [0.15, 0.2) is 5.10 Å². The van der Waals surface area contributed by atoms with Crippen LogP contribution in [0.5, 0.6) is 0 Å². The van der Waals surface area contributed by atoms with Crippen molar-refractivity contribution in [3.63, 3.8) is 0 Å². The molecular weight excluding hydrogens is 410 g/mol. The van der Waals surface area contributed by atoms with Crippen molar-refractivity contribution in [3.8, 4) is 0 Å². The molecule has 9 nitrogen and oxygen atoms in total. The van der Waals surface area contributed by atoms with Crippen molar-refractivity contribution in [2.24, 2.45) is 16.9 Å². The third-order valence-electron chi connectivity index (χ3n) is 7.31. The minimum Gasteiger partial charge on any atom is -0.600 e. The molecule has 7 unspecified atom stereocenters. The summed E-state index contributed by atoms with van der Waals surface area (Å²) in [5.41, 5.74) is 4.34. The first-order valence-electron chi connectivity index (χ1n) is 11.6. The lowest BCUT2D eigenvalue weighted by atomic mass is 9.85. The lowest BCUT2D eigenvalue weighted by molar-refractivity contribution is -1.09. The molecule has 3 aliphatic rings. The van der Waals surface area contributed by atoms with E-state index in [4.69, 9.17) is 16.7 Å². The Morgan fingerprint density at radius 2 is 1.83 bits per heavy atom. The zero-order valence-electron chi connectivity index (χ0n) is 18.0. The van der Waals surface area contributed by atoms with E-state index in [2.05, 4.69) is 12.3 Å². The molecule has 0 aromatic rings. The highest BCUT2D eigenvalue weighted by Crippen LogP contribution is 2.28. The summed E-state index contributed by atoms with van der Waals surface area (Å²) in [5.74, 6) is 1.13. The molecule has 10 heteroatoms. The second-order valence-corrected chi connectivity index (χ2v) is 10.3. The van der Waals surface area contributed by atoms with Gasteiger partial charge in [-0.05, 0) is 44.9 Å². The Kier molecular flexibility index (Phi) is 9.15. The molecule has 7 atom stereocenters. The highest BCUT2D eigenvalue weighted by Gasteiger charge is 2.38. The third-order valence-corrected chi connectivity index (χ3v) is 7.75. The molecule has 3 rings (SSSR count). The minimum atomic E-state index is -0.937. The first kappa shape index (κ1) is 24.1. The van der Waals surface area contributed by atoms with E-state index in [-0.39, 0.29) is 17.8 Å². The molecule has 6 N–H and O–H groups in total. The van der Waals surface area contributed by atoms with Crippen LogP contribution in [0.4, 0.5) is 0 Å². The molecule has 30 heavy (non-hydrogen) atoms. The van der Waals surface area contributed by atoms with Gasteiger partial charge in [0, 0.05) is 23.6 Å². The molecule has 1 heterocycles. The van der Waals surface area contributed by atoms with Gasteiger partial charge in [0.15, 0.2) is 0 Å². The molecule has 174 valence electrons. The van der Waals surface area contributed by atoms with E-state index in [9.17, 15) is 20.8 Å². The molecule has 0 aromatic carbocycles. The molecule has 0 bridgehead atoms. The van der Waals surface area contributed by atoms with Crippen molar-refractivity contribution >= 4 is 17.3 Å².